The van der Waals surface area contributed by atoms with Gasteiger partial charge >= 0.3 is 0 Å². The van der Waals surface area contributed by atoms with Crippen LogP contribution in [0.15, 0.2) is 41.6 Å². The van der Waals surface area contributed by atoms with Crippen molar-refractivity contribution in [2.75, 3.05) is 5.75 Å². The van der Waals surface area contributed by atoms with Gasteiger partial charge in [0, 0.05) is 30.3 Å². The van der Waals surface area contributed by atoms with Crippen molar-refractivity contribution in [3.63, 3.8) is 0 Å². The maximum Gasteiger partial charge on any atom is 0.111 e. The molecule has 0 saturated carbocycles. The molecule has 1 atom stereocenters. The minimum atomic E-state index is -0.492. The second-order valence-corrected chi connectivity index (χ2v) is 6.10. The molecule has 2 aromatic rings. The van der Waals surface area contributed by atoms with E-state index in [0.29, 0.717) is 6.42 Å². The summed E-state index contributed by atoms with van der Waals surface area (Å²) in [4.78, 5) is 5.59. The largest absolute Gasteiger partial charge is 0.388 e. The highest BCUT2D eigenvalue weighted by molar-refractivity contribution is 7.99. The number of aliphatic hydroxyl groups is 1. The molecular weight excluding hydrogens is 268 g/mol. The Kier molecular flexibility index (Phi) is 5.68. The average molecular weight is 290 g/mol. The van der Waals surface area contributed by atoms with Crippen LogP contribution in [0.5, 0.6) is 0 Å². The summed E-state index contributed by atoms with van der Waals surface area (Å²) in [5.41, 5.74) is 0.955. The van der Waals surface area contributed by atoms with Crippen molar-refractivity contribution in [2.45, 2.75) is 44.2 Å². The molecule has 1 N–H and O–H groups in total. The van der Waals surface area contributed by atoms with Gasteiger partial charge < -0.3 is 9.67 Å². The molecule has 0 saturated heterocycles. The van der Waals surface area contributed by atoms with E-state index >= 15 is 0 Å². The van der Waals surface area contributed by atoms with Gasteiger partial charge in [0.1, 0.15) is 5.82 Å². The first-order valence-corrected chi connectivity index (χ1v) is 8.14. The smallest absolute Gasteiger partial charge is 0.111 e. The van der Waals surface area contributed by atoms with Crippen molar-refractivity contribution in [1.82, 2.24) is 9.55 Å². The third-order valence-electron chi connectivity index (χ3n) is 3.22. The molecule has 1 aromatic carbocycles. The zero-order chi connectivity index (χ0) is 14.4. The van der Waals surface area contributed by atoms with Crippen LogP contribution in [0.1, 0.15) is 37.8 Å². The van der Waals surface area contributed by atoms with Crippen molar-refractivity contribution in [2.24, 2.45) is 0 Å². The van der Waals surface area contributed by atoms with E-state index in [-0.39, 0.29) is 0 Å². The van der Waals surface area contributed by atoms with Gasteiger partial charge in [0.05, 0.1) is 6.10 Å². The molecule has 1 unspecified atom stereocenters. The molecule has 3 nitrogen and oxygen atoms in total. The van der Waals surface area contributed by atoms with Crippen molar-refractivity contribution in [1.29, 1.82) is 0 Å². The Morgan fingerprint density at radius 3 is 2.65 bits per heavy atom. The second-order valence-electron chi connectivity index (χ2n) is 4.76. The van der Waals surface area contributed by atoms with E-state index in [9.17, 15) is 5.11 Å². The first-order valence-electron chi connectivity index (χ1n) is 7.15. The molecule has 20 heavy (non-hydrogen) atoms. The summed E-state index contributed by atoms with van der Waals surface area (Å²) >= 11 is 1.81. The lowest BCUT2D eigenvalue weighted by atomic mass is 10.1. The van der Waals surface area contributed by atoms with Gasteiger partial charge in [-0.15, -0.1) is 11.8 Å². The minimum absolute atomic E-state index is 0.492. The molecular formula is C16H22N2OS. The molecule has 0 fully saturated rings. The van der Waals surface area contributed by atoms with Crippen LogP contribution in [-0.4, -0.2) is 20.4 Å². The third kappa shape index (κ3) is 3.87. The Morgan fingerprint density at radius 1 is 1.25 bits per heavy atom. The molecule has 108 valence electrons. The SMILES string of the molecule is CCCn1ccnc1CC(O)c1ccc(SCC)cc1. The zero-order valence-corrected chi connectivity index (χ0v) is 12.9. The van der Waals surface area contributed by atoms with Gasteiger partial charge in [-0.25, -0.2) is 4.98 Å². The van der Waals surface area contributed by atoms with E-state index in [0.717, 1.165) is 30.1 Å². The second kappa shape index (κ2) is 7.50. The van der Waals surface area contributed by atoms with Crippen molar-refractivity contribution < 1.29 is 5.11 Å². The van der Waals surface area contributed by atoms with Gasteiger partial charge in [-0.2, -0.15) is 0 Å². The van der Waals surface area contributed by atoms with Crippen LogP contribution in [0.2, 0.25) is 0 Å². The summed E-state index contributed by atoms with van der Waals surface area (Å²) in [7, 11) is 0. The lowest BCUT2D eigenvalue weighted by molar-refractivity contribution is 0.174. The minimum Gasteiger partial charge on any atom is -0.388 e. The fourth-order valence-electron chi connectivity index (χ4n) is 2.22. The zero-order valence-electron chi connectivity index (χ0n) is 12.1. The van der Waals surface area contributed by atoms with Crippen LogP contribution in [0, 0.1) is 0 Å². The first-order chi connectivity index (χ1) is 9.74. The average Bonchev–Trinajstić information content (AvgIpc) is 2.88. The molecule has 0 spiro atoms. The van der Waals surface area contributed by atoms with Crippen LogP contribution >= 0.6 is 11.8 Å². The maximum absolute atomic E-state index is 10.3. The lowest BCUT2D eigenvalue weighted by Gasteiger charge is -2.13. The summed E-state index contributed by atoms with van der Waals surface area (Å²) in [5, 5.41) is 10.3. The lowest BCUT2D eigenvalue weighted by Crippen LogP contribution is -2.08. The van der Waals surface area contributed by atoms with Crippen molar-refractivity contribution in [3.8, 4) is 0 Å². The van der Waals surface area contributed by atoms with Crippen LogP contribution in [0.3, 0.4) is 0 Å². The maximum atomic E-state index is 10.3. The van der Waals surface area contributed by atoms with Gasteiger partial charge in [0.15, 0.2) is 0 Å². The summed E-state index contributed by atoms with van der Waals surface area (Å²) in [6.45, 7) is 5.24. The van der Waals surface area contributed by atoms with Gasteiger partial charge in [-0.05, 0) is 29.9 Å². The van der Waals surface area contributed by atoms with Gasteiger partial charge in [-0.3, -0.25) is 0 Å². The fraction of sp³-hybridized carbons (Fsp3) is 0.438. The van der Waals surface area contributed by atoms with E-state index < -0.39 is 6.10 Å². The highest BCUT2D eigenvalue weighted by Crippen LogP contribution is 2.22. The Labute approximate surface area is 125 Å². The molecule has 0 aliphatic rings. The molecule has 0 amide bonds. The number of benzene rings is 1. The number of hydrogen-bond acceptors (Lipinski definition) is 3. The van der Waals surface area contributed by atoms with E-state index in [2.05, 4.69) is 35.5 Å². The topological polar surface area (TPSA) is 38.0 Å². The molecule has 2 rings (SSSR count). The first kappa shape index (κ1) is 15.1. The fourth-order valence-corrected chi connectivity index (χ4v) is 2.88. The van der Waals surface area contributed by atoms with Gasteiger partial charge in [0.2, 0.25) is 0 Å². The number of imidazole rings is 1. The Balaban J connectivity index is 2.03. The van der Waals surface area contributed by atoms with E-state index in [1.807, 2.05) is 30.1 Å². The summed E-state index contributed by atoms with van der Waals surface area (Å²) in [6.07, 6.45) is 4.93. The molecule has 0 radical (unpaired) electrons. The summed E-state index contributed by atoms with van der Waals surface area (Å²) < 4.78 is 2.12. The quantitative estimate of drug-likeness (QED) is 0.790. The summed E-state index contributed by atoms with van der Waals surface area (Å²) in [6, 6.07) is 8.17. The highest BCUT2D eigenvalue weighted by atomic mass is 32.2. The van der Waals surface area contributed by atoms with Gasteiger partial charge in [-0.1, -0.05) is 26.0 Å². The molecule has 0 aliphatic carbocycles. The Morgan fingerprint density at radius 2 is 2.00 bits per heavy atom. The number of nitrogens with zero attached hydrogens (tertiary/aromatic N) is 2. The normalized spacial score (nSPS) is 12.6. The standard InChI is InChI=1S/C16H22N2OS/c1-3-10-18-11-9-17-16(18)12-15(19)13-5-7-14(8-6-13)20-4-2/h5-9,11,15,19H,3-4,10,12H2,1-2H3. The number of hydrogen-bond donors (Lipinski definition) is 1. The van der Waals surface area contributed by atoms with Crippen LogP contribution in [0.4, 0.5) is 0 Å². The Bertz CT molecular complexity index is 522. The highest BCUT2D eigenvalue weighted by Gasteiger charge is 2.12. The van der Waals surface area contributed by atoms with Crippen LogP contribution in [0.25, 0.3) is 0 Å². The number of aryl methyl sites for hydroxylation is 1. The van der Waals surface area contributed by atoms with E-state index in [4.69, 9.17) is 0 Å². The summed E-state index contributed by atoms with van der Waals surface area (Å²) in [5.74, 6) is 2.02. The van der Waals surface area contributed by atoms with E-state index in [1.165, 1.54) is 4.90 Å². The molecule has 4 heteroatoms. The predicted molar refractivity (Wildman–Crippen MR) is 84.0 cm³/mol. The van der Waals surface area contributed by atoms with Crippen molar-refractivity contribution in [3.05, 3.63) is 48.0 Å². The molecule has 1 aromatic heterocycles. The number of thioether (sulfide) groups is 1. The predicted octanol–water partition coefficient (Wildman–Crippen LogP) is 3.68. The number of aromatic nitrogens is 2. The third-order valence-corrected chi connectivity index (χ3v) is 4.11. The molecule has 0 aliphatic heterocycles. The van der Waals surface area contributed by atoms with Gasteiger partial charge in [0.25, 0.3) is 0 Å². The van der Waals surface area contributed by atoms with Crippen molar-refractivity contribution >= 4 is 11.8 Å². The van der Waals surface area contributed by atoms with Crippen LogP contribution in [-0.2, 0) is 13.0 Å². The molecule has 0 bridgehead atoms. The van der Waals surface area contributed by atoms with Crippen LogP contribution < -0.4 is 0 Å². The number of aliphatic hydroxyl groups excluding tert-OH is 1. The molecule has 1 heterocycles. The monoisotopic (exact) mass is 290 g/mol. The van der Waals surface area contributed by atoms with E-state index in [1.54, 1.807) is 6.20 Å². The number of rotatable bonds is 7. The Hall–Kier alpha value is -1.26.